The summed E-state index contributed by atoms with van der Waals surface area (Å²) in [6.07, 6.45) is 2.33. The van der Waals surface area contributed by atoms with Crippen molar-refractivity contribution in [3.63, 3.8) is 0 Å². The number of rotatable bonds is 1. The monoisotopic (exact) mass is 152 g/mol. The Hall–Kier alpha value is -0.990. The fourth-order valence-electron chi connectivity index (χ4n) is 1.42. The lowest BCUT2D eigenvalue weighted by Gasteiger charge is -1.98. The Labute approximate surface area is 65.1 Å². The molecule has 1 fully saturated rings. The lowest BCUT2D eigenvalue weighted by molar-refractivity contribution is 0.688. The zero-order chi connectivity index (χ0) is 8.01. The molecule has 0 spiro atoms. The van der Waals surface area contributed by atoms with Crippen LogP contribution in [0.15, 0.2) is 4.79 Å². The molecule has 1 saturated carbocycles. The lowest BCUT2D eigenvalue weighted by atomic mass is 10.4. The number of hydrogen-bond donors (Lipinski definition) is 1. The summed E-state index contributed by atoms with van der Waals surface area (Å²) in [5, 5.41) is 0. The number of aromatic amines is 1. The van der Waals surface area contributed by atoms with E-state index in [1.54, 1.807) is 0 Å². The normalized spacial score (nSPS) is 17.3. The van der Waals surface area contributed by atoms with Crippen molar-refractivity contribution in [1.82, 2.24) is 9.55 Å². The molecule has 0 unspecified atom stereocenters. The molecule has 11 heavy (non-hydrogen) atoms. The van der Waals surface area contributed by atoms with Crippen LogP contribution in [0, 0.1) is 13.8 Å². The van der Waals surface area contributed by atoms with Gasteiger partial charge in [0.15, 0.2) is 0 Å². The van der Waals surface area contributed by atoms with Crippen LogP contribution < -0.4 is 5.69 Å². The Morgan fingerprint density at radius 3 is 2.45 bits per heavy atom. The maximum Gasteiger partial charge on any atom is 0.326 e. The Morgan fingerprint density at radius 2 is 2.09 bits per heavy atom. The molecule has 0 radical (unpaired) electrons. The second-order valence-electron chi connectivity index (χ2n) is 3.24. The van der Waals surface area contributed by atoms with Crippen molar-refractivity contribution in [3.8, 4) is 0 Å². The van der Waals surface area contributed by atoms with E-state index < -0.39 is 0 Å². The smallest absolute Gasteiger partial charge is 0.310 e. The summed E-state index contributed by atoms with van der Waals surface area (Å²) in [5.41, 5.74) is 2.15. The number of imidazole rings is 1. The van der Waals surface area contributed by atoms with Gasteiger partial charge in [0.2, 0.25) is 0 Å². The first-order chi connectivity index (χ1) is 5.20. The Morgan fingerprint density at radius 1 is 1.45 bits per heavy atom. The van der Waals surface area contributed by atoms with Crippen LogP contribution in [0.1, 0.15) is 30.3 Å². The molecule has 1 N–H and O–H groups in total. The van der Waals surface area contributed by atoms with E-state index in [0.717, 1.165) is 24.2 Å². The van der Waals surface area contributed by atoms with Crippen molar-refractivity contribution in [2.24, 2.45) is 0 Å². The van der Waals surface area contributed by atoms with E-state index in [1.165, 1.54) is 0 Å². The molecule has 3 nitrogen and oxygen atoms in total. The first-order valence-corrected chi connectivity index (χ1v) is 3.98. The molecule has 0 aromatic carbocycles. The van der Waals surface area contributed by atoms with Crippen molar-refractivity contribution in [3.05, 3.63) is 21.9 Å². The second-order valence-corrected chi connectivity index (χ2v) is 3.24. The molecule has 1 aromatic rings. The van der Waals surface area contributed by atoms with Crippen LogP contribution in [-0.2, 0) is 0 Å². The van der Waals surface area contributed by atoms with Gasteiger partial charge < -0.3 is 4.98 Å². The van der Waals surface area contributed by atoms with E-state index in [0.29, 0.717) is 6.04 Å². The highest BCUT2D eigenvalue weighted by molar-refractivity contribution is 5.11. The van der Waals surface area contributed by atoms with E-state index in [1.807, 2.05) is 18.4 Å². The topological polar surface area (TPSA) is 37.8 Å². The van der Waals surface area contributed by atoms with Gasteiger partial charge in [0.05, 0.1) is 0 Å². The molecule has 2 rings (SSSR count). The minimum atomic E-state index is 0.0579. The van der Waals surface area contributed by atoms with Crippen LogP contribution in [0.5, 0.6) is 0 Å². The lowest BCUT2D eigenvalue weighted by Crippen LogP contribution is -2.16. The zero-order valence-corrected chi connectivity index (χ0v) is 6.85. The molecule has 60 valence electrons. The summed E-state index contributed by atoms with van der Waals surface area (Å²) >= 11 is 0. The average molecular weight is 152 g/mol. The Bertz CT molecular complexity index is 330. The first-order valence-electron chi connectivity index (χ1n) is 3.98. The van der Waals surface area contributed by atoms with Gasteiger partial charge in [-0.05, 0) is 26.7 Å². The fraction of sp³-hybridized carbons (Fsp3) is 0.625. The first kappa shape index (κ1) is 6.70. The summed E-state index contributed by atoms with van der Waals surface area (Å²) < 4.78 is 1.87. The molecule has 1 aliphatic rings. The number of H-pyrrole nitrogens is 1. The number of aromatic nitrogens is 2. The molecule has 0 saturated heterocycles. The molecule has 1 aromatic heterocycles. The van der Waals surface area contributed by atoms with E-state index in [-0.39, 0.29) is 5.69 Å². The summed E-state index contributed by atoms with van der Waals surface area (Å²) in [5.74, 6) is 0. The van der Waals surface area contributed by atoms with Gasteiger partial charge in [-0.1, -0.05) is 0 Å². The summed E-state index contributed by atoms with van der Waals surface area (Å²) in [4.78, 5) is 14.1. The third-order valence-electron chi connectivity index (χ3n) is 2.33. The predicted octanol–water partition coefficient (Wildman–Crippen LogP) is 1.13. The van der Waals surface area contributed by atoms with Gasteiger partial charge >= 0.3 is 5.69 Å². The van der Waals surface area contributed by atoms with Crippen LogP contribution >= 0.6 is 0 Å². The average Bonchev–Trinajstić information content (AvgIpc) is 2.68. The van der Waals surface area contributed by atoms with Crippen LogP contribution in [0.4, 0.5) is 0 Å². The largest absolute Gasteiger partial charge is 0.326 e. The van der Waals surface area contributed by atoms with Crippen LogP contribution in [0.2, 0.25) is 0 Å². The van der Waals surface area contributed by atoms with Gasteiger partial charge in [0.25, 0.3) is 0 Å². The summed E-state index contributed by atoms with van der Waals surface area (Å²) in [7, 11) is 0. The van der Waals surface area contributed by atoms with Crippen molar-refractivity contribution in [2.75, 3.05) is 0 Å². The van der Waals surface area contributed by atoms with Gasteiger partial charge in [0, 0.05) is 17.4 Å². The molecular weight excluding hydrogens is 140 g/mol. The van der Waals surface area contributed by atoms with Crippen molar-refractivity contribution in [1.29, 1.82) is 0 Å². The highest BCUT2D eigenvalue weighted by Gasteiger charge is 2.27. The number of nitrogens with one attached hydrogen (secondary N) is 1. The highest BCUT2D eigenvalue weighted by atomic mass is 16.1. The van der Waals surface area contributed by atoms with E-state index in [4.69, 9.17) is 0 Å². The van der Waals surface area contributed by atoms with Gasteiger partial charge in [-0.15, -0.1) is 0 Å². The fourth-order valence-corrected chi connectivity index (χ4v) is 1.42. The van der Waals surface area contributed by atoms with Gasteiger partial charge in [-0.3, -0.25) is 4.57 Å². The third kappa shape index (κ3) is 0.914. The molecule has 1 heterocycles. The minimum Gasteiger partial charge on any atom is -0.310 e. The molecule has 3 heteroatoms. The van der Waals surface area contributed by atoms with Crippen molar-refractivity contribution < 1.29 is 0 Å². The van der Waals surface area contributed by atoms with Crippen molar-refractivity contribution >= 4 is 0 Å². The SMILES string of the molecule is Cc1[nH]c(=O)n(C2CC2)c1C. The zero-order valence-electron chi connectivity index (χ0n) is 6.85. The number of hydrogen-bond acceptors (Lipinski definition) is 1. The summed E-state index contributed by atoms with van der Waals surface area (Å²) in [6, 6.07) is 0.493. The Balaban J connectivity index is 2.59. The van der Waals surface area contributed by atoms with Gasteiger partial charge in [0.1, 0.15) is 0 Å². The van der Waals surface area contributed by atoms with E-state index in [2.05, 4.69) is 4.98 Å². The summed E-state index contributed by atoms with van der Waals surface area (Å²) in [6.45, 7) is 3.93. The molecule has 0 amide bonds. The van der Waals surface area contributed by atoms with Gasteiger partial charge in [-0.25, -0.2) is 4.79 Å². The third-order valence-corrected chi connectivity index (χ3v) is 2.33. The number of aryl methyl sites for hydroxylation is 1. The molecular formula is C8H12N2O. The maximum absolute atomic E-state index is 11.2. The molecule has 0 aliphatic heterocycles. The van der Waals surface area contributed by atoms with E-state index in [9.17, 15) is 4.79 Å². The molecule has 0 bridgehead atoms. The second kappa shape index (κ2) is 2.00. The van der Waals surface area contributed by atoms with E-state index >= 15 is 0 Å². The van der Waals surface area contributed by atoms with Crippen LogP contribution in [0.25, 0.3) is 0 Å². The van der Waals surface area contributed by atoms with Crippen LogP contribution in [0.3, 0.4) is 0 Å². The highest BCUT2D eigenvalue weighted by Crippen LogP contribution is 2.34. The maximum atomic E-state index is 11.2. The van der Waals surface area contributed by atoms with Crippen molar-refractivity contribution in [2.45, 2.75) is 32.7 Å². The minimum absolute atomic E-state index is 0.0579. The molecule has 0 atom stereocenters. The van der Waals surface area contributed by atoms with Gasteiger partial charge in [-0.2, -0.15) is 0 Å². The quantitative estimate of drug-likeness (QED) is 0.643. The predicted molar refractivity (Wildman–Crippen MR) is 42.8 cm³/mol. The molecule has 1 aliphatic carbocycles. The standard InChI is InChI=1S/C8H12N2O/c1-5-6(2)10(7-3-4-7)8(11)9-5/h7H,3-4H2,1-2H3,(H,9,11). The number of nitrogens with zero attached hydrogens (tertiary/aromatic N) is 1. The van der Waals surface area contributed by atoms with Crippen LogP contribution in [-0.4, -0.2) is 9.55 Å². The Kier molecular flexibility index (Phi) is 1.22.